The molecule has 0 aliphatic rings. The van der Waals surface area contributed by atoms with Gasteiger partial charge in [0, 0.05) is 5.56 Å². The molecule has 2 heteroatoms. The molecule has 0 saturated heterocycles. The fraction of sp³-hybridized carbons (Fsp3) is 0.250. The Hall–Kier alpha value is -1.80. The molecular weight excluding hydrogens is 222 g/mol. The molecule has 2 rings (SSSR count). The van der Waals surface area contributed by atoms with Gasteiger partial charge in [0.2, 0.25) is 0 Å². The van der Waals surface area contributed by atoms with Crippen molar-refractivity contribution in [1.82, 2.24) is 0 Å². The summed E-state index contributed by atoms with van der Waals surface area (Å²) in [4.78, 5) is 1.40. The molecule has 0 amide bonds. The highest BCUT2D eigenvalue weighted by Gasteiger charge is 2.05. The second kappa shape index (κ2) is 6.22. The van der Waals surface area contributed by atoms with Crippen molar-refractivity contribution in [1.29, 1.82) is 0 Å². The maximum atomic E-state index is 5.88. The van der Waals surface area contributed by atoms with Gasteiger partial charge in [0.05, 0.1) is 14.1 Å². The van der Waals surface area contributed by atoms with Gasteiger partial charge in [0.25, 0.3) is 0 Å². The van der Waals surface area contributed by atoms with E-state index < -0.39 is 0 Å². The van der Waals surface area contributed by atoms with E-state index in [9.17, 15) is 0 Å². The summed E-state index contributed by atoms with van der Waals surface area (Å²) in [6, 6.07) is 18.6. The molecule has 2 nitrogen and oxygen atoms in total. The first kappa shape index (κ1) is 12.7. The van der Waals surface area contributed by atoms with Crippen LogP contribution in [0, 0.1) is 0 Å². The van der Waals surface area contributed by atoms with Crippen molar-refractivity contribution in [3.05, 3.63) is 54.6 Å². The third-order valence-corrected chi connectivity index (χ3v) is 2.83. The molecule has 0 aliphatic carbocycles. The summed E-state index contributed by atoms with van der Waals surface area (Å²) in [5, 5.41) is 0. The molecule has 0 aromatic heterocycles. The Balaban J connectivity index is 2.16. The van der Waals surface area contributed by atoms with Gasteiger partial charge in [-0.1, -0.05) is 48.5 Å². The number of quaternary nitrogens is 1. The summed E-state index contributed by atoms with van der Waals surface area (Å²) in [6.45, 7) is 1.75. The van der Waals surface area contributed by atoms with Crippen molar-refractivity contribution in [2.45, 2.75) is 0 Å². The second-order valence-corrected chi connectivity index (χ2v) is 4.67. The summed E-state index contributed by atoms with van der Waals surface area (Å²) in [5.41, 5.74) is 2.36. The highest BCUT2D eigenvalue weighted by Crippen LogP contribution is 2.29. The molecule has 1 N–H and O–H groups in total. The summed E-state index contributed by atoms with van der Waals surface area (Å²) in [7, 11) is 4.26. The summed E-state index contributed by atoms with van der Waals surface area (Å²) in [5.74, 6) is 0.963. The van der Waals surface area contributed by atoms with Gasteiger partial charge < -0.3 is 9.64 Å². The fourth-order valence-corrected chi connectivity index (χ4v) is 1.81. The van der Waals surface area contributed by atoms with Gasteiger partial charge in [-0.25, -0.2) is 0 Å². The van der Waals surface area contributed by atoms with Crippen LogP contribution in [0.2, 0.25) is 0 Å². The van der Waals surface area contributed by atoms with Crippen LogP contribution < -0.4 is 9.64 Å². The molecule has 0 bridgehead atoms. The van der Waals surface area contributed by atoms with Crippen LogP contribution >= 0.6 is 0 Å². The fourth-order valence-electron chi connectivity index (χ4n) is 1.81. The van der Waals surface area contributed by atoms with Crippen molar-refractivity contribution < 1.29 is 9.64 Å². The maximum Gasteiger partial charge on any atom is 0.137 e. The lowest BCUT2D eigenvalue weighted by Crippen LogP contribution is -3.06. The Morgan fingerprint density at radius 2 is 1.56 bits per heavy atom. The molecule has 18 heavy (non-hydrogen) atoms. The number of benzene rings is 2. The third kappa shape index (κ3) is 3.34. The van der Waals surface area contributed by atoms with Crippen LogP contribution in [0.3, 0.4) is 0 Å². The predicted octanol–water partition coefficient (Wildman–Crippen LogP) is 1.88. The number of hydrogen-bond donors (Lipinski definition) is 1. The van der Waals surface area contributed by atoms with Crippen LogP contribution in [0.25, 0.3) is 11.1 Å². The van der Waals surface area contributed by atoms with E-state index in [-0.39, 0.29) is 0 Å². The molecule has 0 heterocycles. The van der Waals surface area contributed by atoms with Crippen molar-refractivity contribution in [2.75, 3.05) is 27.2 Å². The molecule has 0 radical (unpaired) electrons. The topological polar surface area (TPSA) is 13.7 Å². The second-order valence-electron chi connectivity index (χ2n) is 4.67. The highest BCUT2D eigenvalue weighted by atomic mass is 16.5. The molecule has 94 valence electrons. The molecular formula is C16H20NO+. The molecule has 2 aromatic carbocycles. The lowest BCUT2D eigenvalue weighted by Gasteiger charge is -2.12. The quantitative estimate of drug-likeness (QED) is 0.845. The molecule has 0 aliphatic heterocycles. The van der Waals surface area contributed by atoms with Crippen LogP contribution in [0.5, 0.6) is 5.75 Å². The van der Waals surface area contributed by atoms with Crippen molar-refractivity contribution in [3.8, 4) is 16.9 Å². The van der Waals surface area contributed by atoms with E-state index in [1.807, 2.05) is 24.3 Å². The van der Waals surface area contributed by atoms with E-state index in [2.05, 4.69) is 44.4 Å². The smallest absolute Gasteiger partial charge is 0.137 e. The zero-order chi connectivity index (χ0) is 12.8. The lowest BCUT2D eigenvalue weighted by molar-refractivity contribution is -0.858. The van der Waals surface area contributed by atoms with Gasteiger partial charge >= 0.3 is 0 Å². The van der Waals surface area contributed by atoms with Gasteiger partial charge in [-0.2, -0.15) is 0 Å². The van der Waals surface area contributed by atoms with Gasteiger partial charge in [0.15, 0.2) is 0 Å². The van der Waals surface area contributed by atoms with Crippen LogP contribution in [-0.4, -0.2) is 27.2 Å². The molecule has 0 saturated carbocycles. The zero-order valence-electron chi connectivity index (χ0n) is 11.0. The predicted molar refractivity (Wildman–Crippen MR) is 75.1 cm³/mol. The monoisotopic (exact) mass is 242 g/mol. The first-order valence-corrected chi connectivity index (χ1v) is 6.33. The molecule has 0 atom stereocenters. The lowest BCUT2D eigenvalue weighted by atomic mass is 10.1. The molecule has 0 unspecified atom stereocenters. The highest BCUT2D eigenvalue weighted by molar-refractivity contribution is 5.70. The minimum absolute atomic E-state index is 0.742. The number of rotatable bonds is 5. The Kier molecular flexibility index (Phi) is 4.37. The molecule has 0 spiro atoms. The van der Waals surface area contributed by atoms with Crippen molar-refractivity contribution >= 4 is 0 Å². The number of para-hydroxylation sites is 1. The van der Waals surface area contributed by atoms with E-state index in [1.54, 1.807) is 0 Å². The van der Waals surface area contributed by atoms with Crippen molar-refractivity contribution in [3.63, 3.8) is 0 Å². The Morgan fingerprint density at radius 3 is 2.28 bits per heavy atom. The van der Waals surface area contributed by atoms with Crippen LogP contribution in [0.1, 0.15) is 0 Å². The summed E-state index contributed by atoms with van der Waals surface area (Å²) in [6.07, 6.45) is 0. The number of likely N-dealkylation sites (N-methyl/N-ethyl adjacent to an activating group) is 1. The Labute approximate surface area is 109 Å². The van der Waals surface area contributed by atoms with E-state index in [0.29, 0.717) is 0 Å². The van der Waals surface area contributed by atoms with E-state index >= 15 is 0 Å². The average Bonchev–Trinajstić information content (AvgIpc) is 2.40. The van der Waals surface area contributed by atoms with E-state index in [4.69, 9.17) is 4.74 Å². The first-order chi connectivity index (χ1) is 8.77. The number of ether oxygens (including phenoxy) is 1. The average molecular weight is 242 g/mol. The van der Waals surface area contributed by atoms with Crippen LogP contribution in [0.15, 0.2) is 54.6 Å². The summed E-state index contributed by atoms with van der Waals surface area (Å²) < 4.78 is 5.88. The minimum atomic E-state index is 0.742. The maximum absolute atomic E-state index is 5.88. The third-order valence-electron chi connectivity index (χ3n) is 2.83. The largest absolute Gasteiger partial charge is 0.487 e. The molecule has 2 aromatic rings. The summed E-state index contributed by atoms with van der Waals surface area (Å²) >= 11 is 0. The van der Waals surface area contributed by atoms with E-state index in [0.717, 1.165) is 24.5 Å². The Morgan fingerprint density at radius 1 is 0.889 bits per heavy atom. The van der Waals surface area contributed by atoms with Crippen LogP contribution in [-0.2, 0) is 0 Å². The van der Waals surface area contributed by atoms with Gasteiger partial charge in [0.1, 0.15) is 18.9 Å². The first-order valence-electron chi connectivity index (χ1n) is 6.33. The van der Waals surface area contributed by atoms with Gasteiger partial charge in [-0.15, -0.1) is 0 Å². The number of hydrogen-bond acceptors (Lipinski definition) is 1. The molecule has 0 fully saturated rings. The van der Waals surface area contributed by atoms with Crippen LogP contribution in [0.4, 0.5) is 0 Å². The van der Waals surface area contributed by atoms with Gasteiger partial charge in [-0.3, -0.25) is 0 Å². The van der Waals surface area contributed by atoms with Gasteiger partial charge in [-0.05, 0) is 11.6 Å². The Bertz CT molecular complexity index is 479. The van der Waals surface area contributed by atoms with Crippen molar-refractivity contribution in [2.24, 2.45) is 0 Å². The normalized spacial score (nSPS) is 10.6. The standard InChI is InChI=1S/C16H19NO/c1-17(2)12-13-18-16-11-7-6-10-15(16)14-8-4-3-5-9-14/h3-11H,12-13H2,1-2H3/p+1. The minimum Gasteiger partial charge on any atom is -0.487 e. The SMILES string of the molecule is C[NH+](C)CCOc1ccccc1-c1ccccc1. The number of nitrogens with one attached hydrogen (secondary N) is 1. The zero-order valence-corrected chi connectivity index (χ0v) is 11.0. The van der Waals surface area contributed by atoms with E-state index in [1.165, 1.54) is 10.5 Å².